The largest absolute Gasteiger partial charge is 0.307 e. The molecule has 0 aliphatic heterocycles. The number of nitrogens with one attached hydrogen (secondary N) is 1. The van der Waals surface area contributed by atoms with Gasteiger partial charge >= 0.3 is 0 Å². The van der Waals surface area contributed by atoms with Crippen molar-refractivity contribution in [1.29, 1.82) is 0 Å². The van der Waals surface area contributed by atoms with Crippen molar-refractivity contribution in [2.24, 2.45) is 0 Å². The minimum Gasteiger partial charge on any atom is -0.307 e. The van der Waals surface area contributed by atoms with Crippen molar-refractivity contribution in [1.82, 2.24) is 25.5 Å². The van der Waals surface area contributed by atoms with Gasteiger partial charge in [-0.25, -0.2) is 4.39 Å². The van der Waals surface area contributed by atoms with Gasteiger partial charge in [0.15, 0.2) is 5.82 Å². The fourth-order valence-corrected chi connectivity index (χ4v) is 1.90. The lowest BCUT2D eigenvalue weighted by molar-refractivity contribution is 0.530. The molecule has 0 spiro atoms. The maximum absolute atomic E-state index is 13.4. The maximum Gasteiger partial charge on any atom is 0.173 e. The second kappa shape index (κ2) is 5.88. The van der Waals surface area contributed by atoms with Gasteiger partial charge in [-0.05, 0) is 54.9 Å². The summed E-state index contributed by atoms with van der Waals surface area (Å²) in [5, 5.41) is 15.0. The van der Waals surface area contributed by atoms with Crippen LogP contribution in [0, 0.1) is 12.7 Å². The van der Waals surface area contributed by atoms with Gasteiger partial charge in [0.25, 0.3) is 0 Å². The molecule has 2 aromatic rings. The van der Waals surface area contributed by atoms with Gasteiger partial charge in [0.1, 0.15) is 5.82 Å². The second-order valence-electron chi connectivity index (χ2n) is 4.56. The zero-order chi connectivity index (χ0) is 13.8. The molecule has 1 aromatic heterocycles. The molecule has 19 heavy (non-hydrogen) atoms. The highest BCUT2D eigenvalue weighted by atomic mass is 19.1. The average Bonchev–Trinajstić information content (AvgIpc) is 2.88. The van der Waals surface area contributed by atoms with Crippen LogP contribution in [0.15, 0.2) is 18.2 Å². The number of halogens is 1. The van der Waals surface area contributed by atoms with Gasteiger partial charge in [-0.2, -0.15) is 4.68 Å². The maximum atomic E-state index is 13.4. The molecular weight excluding hydrogens is 245 g/mol. The zero-order valence-corrected chi connectivity index (χ0v) is 11.4. The van der Waals surface area contributed by atoms with E-state index in [1.807, 2.05) is 13.8 Å². The minimum atomic E-state index is -0.295. The van der Waals surface area contributed by atoms with Crippen molar-refractivity contribution in [3.05, 3.63) is 35.4 Å². The summed E-state index contributed by atoms with van der Waals surface area (Å²) in [7, 11) is 0. The van der Waals surface area contributed by atoms with E-state index < -0.39 is 0 Å². The molecule has 0 radical (unpaired) electrons. The third-order valence-corrected chi connectivity index (χ3v) is 2.98. The fourth-order valence-electron chi connectivity index (χ4n) is 1.90. The Balaban J connectivity index is 2.35. The molecule has 0 fully saturated rings. The van der Waals surface area contributed by atoms with Gasteiger partial charge < -0.3 is 5.32 Å². The number of nitrogens with zero attached hydrogens (tertiary/aromatic N) is 4. The molecule has 0 saturated carbocycles. The van der Waals surface area contributed by atoms with Gasteiger partial charge in [0, 0.05) is 0 Å². The predicted octanol–water partition coefficient (Wildman–Crippen LogP) is 2.17. The van der Waals surface area contributed by atoms with Crippen LogP contribution in [0.5, 0.6) is 0 Å². The Hall–Kier alpha value is -1.82. The van der Waals surface area contributed by atoms with Crippen LogP contribution in [-0.4, -0.2) is 26.8 Å². The van der Waals surface area contributed by atoms with Crippen LogP contribution in [0.4, 0.5) is 4.39 Å². The Morgan fingerprint density at radius 2 is 2.21 bits per heavy atom. The molecule has 1 unspecified atom stereocenters. The molecule has 0 bridgehead atoms. The third kappa shape index (κ3) is 2.96. The van der Waals surface area contributed by atoms with Crippen LogP contribution >= 0.6 is 0 Å². The molecule has 1 aromatic carbocycles. The van der Waals surface area contributed by atoms with Gasteiger partial charge in [-0.15, -0.1) is 5.10 Å². The summed E-state index contributed by atoms with van der Waals surface area (Å²) in [5.74, 6) is 0.387. The standard InChI is InChI=1S/C13H18FN5/c1-4-7-15-10(3)13-16-17-18-19(13)12-8-11(14)6-5-9(12)2/h5-6,8,10,15H,4,7H2,1-3H3. The van der Waals surface area contributed by atoms with Crippen LogP contribution in [-0.2, 0) is 0 Å². The van der Waals surface area contributed by atoms with E-state index in [9.17, 15) is 4.39 Å². The van der Waals surface area contributed by atoms with Crippen molar-refractivity contribution in [3.8, 4) is 5.69 Å². The average molecular weight is 263 g/mol. The van der Waals surface area contributed by atoms with Crippen molar-refractivity contribution >= 4 is 0 Å². The first kappa shape index (κ1) is 13.6. The minimum absolute atomic E-state index is 0.0117. The number of hydrogen-bond donors (Lipinski definition) is 1. The van der Waals surface area contributed by atoms with E-state index in [2.05, 4.69) is 27.8 Å². The quantitative estimate of drug-likeness (QED) is 0.898. The number of tetrazole rings is 1. The number of aryl methyl sites for hydroxylation is 1. The van der Waals surface area contributed by atoms with E-state index >= 15 is 0 Å². The lowest BCUT2D eigenvalue weighted by Gasteiger charge is -2.14. The molecule has 0 saturated heterocycles. The smallest absolute Gasteiger partial charge is 0.173 e. The first-order chi connectivity index (χ1) is 9.13. The Morgan fingerprint density at radius 3 is 2.95 bits per heavy atom. The predicted molar refractivity (Wildman–Crippen MR) is 70.6 cm³/mol. The molecule has 1 heterocycles. The molecule has 0 aliphatic rings. The van der Waals surface area contributed by atoms with E-state index in [1.54, 1.807) is 10.7 Å². The Bertz CT molecular complexity index is 552. The summed E-state index contributed by atoms with van der Waals surface area (Å²) in [6.07, 6.45) is 1.03. The topological polar surface area (TPSA) is 55.6 Å². The van der Waals surface area contributed by atoms with E-state index in [0.29, 0.717) is 11.5 Å². The van der Waals surface area contributed by atoms with Crippen LogP contribution < -0.4 is 5.32 Å². The number of benzene rings is 1. The lowest BCUT2D eigenvalue weighted by Crippen LogP contribution is -2.23. The first-order valence-corrected chi connectivity index (χ1v) is 6.41. The molecule has 1 N–H and O–H groups in total. The Morgan fingerprint density at radius 1 is 1.42 bits per heavy atom. The van der Waals surface area contributed by atoms with Gasteiger partial charge in [0.2, 0.25) is 0 Å². The Kier molecular flexibility index (Phi) is 4.21. The van der Waals surface area contributed by atoms with E-state index in [-0.39, 0.29) is 11.9 Å². The van der Waals surface area contributed by atoms with Crippen LogP contribution in [0.1, 0.15) is 37.7 Å². The number of rotatable bonds is 5. The summed E-state index contributed by atoms with van der Waals surface area (Å²) < 4.78 is 15.0. The fraction of sp³-hybridized carbons (Fsp3) is 0.462. The van der Waals surface area contributed by atoms with E-state index in [4.69, 9.17) is 0 Å². The van der Waals surface area contributed by atoms with Gasteiger partial charge in [-0.3, -0.25) is 0 Å². The van der Waals surface area contributed by atoms with Crippen molar-refractivity contribution in [2.45, 2.75) is 33.2 Å². The first-order valence-electron chi connectivity index (χ1n) is 6.41. The summed E-state index contributed by atoms with van der Waals surface area (Å²) in [5.41, 5.74) is 1.60. The van der Waals surface area contributed by atoms with Crippen molar-refractivity contribution in [2.75, 3.05) is 6.54 Å². The van der Waals surface area contributed by atoms with Crippen molar-refractivity contribution < 1.29 is 4.39 Å². The summed E-state index contributed by atoms with van der Waals surface area (Å²) in [6.45, 7) is 6.88. The summed E-state index contributed by atoms with van der Waals surface area (Å²) in [4.78, 5) is 0. The lowest BCUT2D eigenvalue weighted by atomic mass is 10.2. The Labute approximate surface area is 111 Å². The van der Waals surface area contributed by atoms with Crippen LogP contribution in [0.3, 0.4) is 0 Å². The molecule has 5 nitrogen and oxygen atoms in total. The van der Waals surface area contributed by atoms with Crippen LogP contribution in [0.25, 0.3) is 5.69 Å². The van der Waals surface area contributed by atoms with E-state index in [1.165, 1.54) is 12.1 Å². The summed E-state index contributed by atoms with van der Waals surface area (Å²) >= 11 is 0. The molecule has 0 amide bonds. The zero-order valence-electron chi connectivity index (χ0n) is 11.4. The monoisotopic (exact) mass is 263 g/mol. The molecular formula is C13H18FN5. The highest BCUT2D eigenvalue weighted by molar-refractivity contribution is 5.40. The molecule has 1 atom stereocenters. The second-order valence-corrected chi connectivity index (χ2v) is 4.56. The molecule has 6 heteroatoms. The highest BCUT2D eigenvalue weighted by Crippen LogP contribution is 2.18. The SMILES string of the molecule is CCCNC(C)c1nnnn1-c1cc(F)ccc1C. The van der Waals surface area contributed by atoms with Gasteiger partial charge in [0.05, 0.1) is 11.7 Å². The summed E-state index contributed by atoms with van der Waals surface area (Å²) in [6, 6.07) is 4.61. The van der Waals surface area contributed by atoms with Crippen LogP contribution in [0.2, 0.25) is 0 Å². The normalized spacial score (nSPS) is 12.6. The molecule has 2 rings (SSSR count). The van der Waals surface area contributed by atoms with Gasteiger partial charge in [-0.1, -0.05) is 13.0 Å². The van der Waals surface area contributed by atoms with Crippen molar-refractivity contribution in [3.63, 3.8) is 0 Å². The molecule has 0 aliphatic carbocycles. The third-order valence-electron chi connectivity index (χ3n) is 2.98. The number of hydrogen-bond acceptors (Lipinski definition) is 4. The van der Waals surface area contributed by atoms with E-state index in [0.717, 1.165) is 18.5 Å². The molecule has 102 valence electrons. The number of aromatic nitrogens is 4. The highest BCUT2D eigenvalue weighted by Gasteiger charge is 2.16.